The topological polar surface area (TPSA) is 118 Å². The highest BCUT2D eigenvalue weighted by atomic mass is 79.9. The van der Waals surface area contributed by atoms with Gasteiger partial charge in [-0.3, -0.25) is 9.59 Å². The lowest BCUT2D eigenvalue weighted by Crippen LogP contribution is -2.38. The molecule has 20 heavy (non-hydrogen) atoms. The summed E-state index contributed by atoms with van der Waals surface area (Å²) in [5.74, 6) is -0.00946. The Labute approximate surface area is 127 Å². The predicted molar refractivity (Wildman–Crippen MR) is 78.9 cm³/mol. The molecule has 0 radical (unpaired) electrons. The fourth-order valence-electron chi connectivity index (χ4n) is 1.52. The lowest BCUT2D eigenvalue weighted by Gasteiger charge is -2.12. The van der Waals surface area contributed by atoms with Crippen LogP contribution < -0.4 is 15.8 Å². The number of rotatable bonds is 3. The van der Waals surface area contributed by atoms with E-state index in [4.69, 9.17) is 5.14 Å². The first-order valence-corrected chi connectivity index (χ1v) is 8.66. The molecule has 1 unspecified atom stereocenters. The van der Waals surface area contributed by atoms with Crippen molar-refractivity contribution in [3.63, 3.8) is 0 Å². The van der Waals surface area contributed by atoms with Gasteiger partial charge >= 0.3 is 0 Å². The lowest BCUT2D eigenvalue weighted by atomic mass is 10.2. The van der Waals surface area contributed by atoms with Gasteiger partial charge in [-0.15, -0.1) is 0 Å². The molecule has 1 fully saturated rings. The van der Waals surface area contributed by atoms with Gasteiger partial charge in [-0.05, 0) is 34.1 Å². The summed E-state index contributed by atoms with van der Waals surface area (Å²) in [5.41, 5.74) is 0.397. The quantitative estimate of drug-likeness (QED) is 0.719. The normalized spacial score (nSPS) is 18.7. The Morgan fingerprint density at radius 1 is 1.50 bits per heavy atom. The molecule has 7 nitrogen and oxygen atoms in total. The Bertz CT molecular complexity index is 677. The second-order valence-electron chi connectivity index (χ2n) is 3.97. The Hall–Kier alpha value is -1.10. The summed E-state index contributed by atoms with van der Waals surface area (Å²) >= 11 is 4.20. The summed E-state index contributed by atoms with van der Waals surface area (Å²) in [6, 6.07) is 3.41. The van der Waals surface area contributed by atoms with Gasteiger partial charge in [0.25, 0.3) is 5.24 Å². The molecule has 1 atom stereocenters. The van der Waals surface area contributed by atoms with Crippen LogP contribution in [0.4, 0.5) is 10.5 Å². The molecule has 0 aromatic heterocycles. The summed E-state index contributed by atoms with van der Waals surface area (Å²) < 4.78 is 22.8. The van der Waals surface area contributed by atoms with Crippen molar-refractivity contribution in [1.82, 2.24) is 5.32 Å². The van der Waals surface area contributed by atoms with E-state index < -0.39 is 16.1 Å². The van der Waals surface area contributed by atoms with Gasteiger partial charge in [0.2, 0.25) is 15.9 Å². The number of hydrogen-bond donors (Lipinski definition) is 3. The minimum absolute atomic E-state index is 0.0629. The molecule has 1 heterocycles. The average molecular weight is 380 g/mol. The third-order valence-electron chi connectivity index (χ3n) is 2.52. The van der Waals surface area contributed by atoms with Gasteiger partial charge < -0.3 is 10.6 Å². The van der Waals surface area contributed by atoms with Gasteiger partial charge in [0.1, 0.15) is 6.04 Å². The number of primary sulfonamides is 1. The number of nitrogens with one attached hydrogen (secondary N) is 2. The van der Waals surface area contributed by atoms with E-state index >= 15 is 0 Å². The molecule has 1 aromatic rings. The maximum Gasteiger partial charge on any atom is 0.279 e. The van der Waals surface area contributed by atoms with Crippen molar-refractivity contribution in [3.8, 4) is 0 Å². The van der Waals surface area contributed by atoms with Crippen molar-refractivity contribution < 1.29 is 18.0 Å². The molecule has 1 aromatic carbocycles. The maximum absolute atomic E-state index is 11.9. The summed E-state index contributed by atoms with van der Waals surface area (Å²) in [7, 11) is -3.80. The van der Waals surface area contributed by atoms with Crippen LogP contribution in [0.1, 0.15) is 0 Å². The Morgan fingerprint density at radius 3 is 2.70 bits per heavy atom. The lowest BCUT2D eigenvalue weighted by molar-refractivity contribution is -0.117. The fourth-order valence-corrected chi connectivity index (χ4v) is 3.47. The van der Waals surface area contributed by atoms with E-state index in [1.165, 1.54) is 18.2 Å². The monoisotopic (exact) mass is 379 g/mol. The second kappa shape index (κ2) is 5.72. The first kappa shape index (κ1) is 15.3. The van der Waals surface area contributed by atoms with Crippen molar-refractivity contribution in [2.24, 2.45) is 5.14 Å². The van der Waals surface area contributed by atoms with E-state index in [2.05, 4.69) is 26.6 Å². The van der Waals surface area contributed by atoms with E-state index in [1.807, 2.05) is 0 Å². The number of halogens is 1. The molecule has 10 heteroatoms. The number of hydrogen-bond acceptors (Lipinski definition) is 5. The van der Waals surface area contributed by atoms with Crippen LogP contribution in [0, 0.1) is 0 Å². The molecule has 0 aliphatic carbocycles. The van der Waals surface area contributed by atoms with Crippen LogP contribution in [-0.2, 0) is 14.8 Å². The summed E-state index contributed by atoms with van der Waals surface area (Å²) in [4.78, 5) is 22.8. The van der Waals surface area contributed by atoms with Crippen molar-refractivity contribution in [2.45, 2.75) is 10.9 Å². The molecule has 0 saturated carbocycles. The Kier molecular flexibility index (Phi) is 4.37. The van der Waals surface area contributed by atoms with Crippen LogP contribution in [0.25, 0.3) is 0 Å². The molecule has 4 N–H and O–H groups in total. The van der Waals surface area contributed by atoms with Crippen LogP contribution in [0.15, 0.2) is 27.6 Å². The SMILES string of the molecule is NS(=O)(=O)c1ccc(NC(=O)C2CSC(=O)N2)c(Br)c1. The molecule has 2 rings (SSSR count). The number of sulfonamides is 1. The van der Waals surface area contributed by atoms with Crippen molar-refractivity contribution in [2.75, 3.05) is 11.1 Å². The largest absolute Gasteiger partial charge is 0.334 e. The third kappa shape index (κ3) is 3.51. The van der Waals surface area contributed by atoms with Crippen molar-refractivity contribution in [3.05, 3.63) is 22.7 Å². The van der Waals surface area contributed by atoms with Gasteiger partial charge in [-0.1, -0.05) is 11.8 Å². The fraction of sp³-hybridized carbons (Fsp3) is 0.200. The van der Waals surface area contributed by atoms with Crippen LogP contribution in [0.3, 0.4) is 0 Å². The maximum atomic E-state index is 11.9. The highest BCUT2D eigenvalue weighted by Gasteiger charge is 2.28. The Morgan fingerprint density at radius 2 is 2.20 bits per heavy atom. The van der Waals surface area contributed by atoms with Crippen LogP contribution in [0.2, 0.25) is 0 Å². The summed E-state index contributed by atoms with van der Waals surface area (Å²) in [6.07, 6.45) is 0. The number of nitrogens with two attached hydrogens (primary N) is 1. The number of amides is 2. The molecule has 108 valence electrons. The van der Waals surface area contributed by atoms with Crippen molar-refractivity contribution in [1.29, 1.82) is 0 Å². The zero-order valence-corrected chi connectivity index (χ0v) is 13.1. The second-order valence-corrected chi connectivity index (χ2v) is 7.38. The highest BCUT2D eigenvalue weighted by molar-refractivity contribution is 9.10. The summed E-state index contributed by atoms with van der Waals surface area (Å²) in [5, 5.41) is 9.88. The average Bonchev–Trinajstić information content (AvgIpc) is 2.77. The number of carbonyl (C=O) groups excluding carboxylic acids is 2. The zero-order valence-electron chi connectivity index (χ0n) is 9.92. The van der Waals surface area contributed by atoms with E-state index in [0.717, 1.165) is 11.8 Å². The van der Waals surface area contributed by atoms with Gasteiger partial charge in [0, 0.05) is 10.2 Å². The molecule has 1 saturated heterocycles. The number of anilines is 1. The molecular formula is C10H10BrN3O4S2. The molecule has 2 amide bonds. The Balaban J connectivity index is 2.14. The number of carbonyl (C=O) groups is 2. The smallest absolute Gasteiger partial charge is 0.279 e. The van der Waals surface area contributed by atoms with E-state index in [0.29, 0.717) is 15.9 Å². The van der Waals surface area contributed by atoms with Crippen LogP contribution >= 0.6 is 27.7 Å². The van der Waals surface area contributed by atoms with Crippen molar-refractivity contribution >= 4 is 54.5 Å². The van der Waals surface area contributed by atoms with Gasteiger partial charge in [0.15, 0.2) is 0 Å². The van der Waals surface area contributed by atoms with Gasteiger partial charge in [-0.25, -0.2) is 13.6 Å². The molecule has 0 spiro atoms. The molecule has 0 bridgehead atoms. The number of benzene rings is 1. The molecule has 1 aliphatic rings. The van der Waals surface area contributed by atoms with Gasteiger partial charge in [0.05, 0.1) is 10.6 Å². The third-order valence-corrected chi connectivity index (χ3v) is 4.96. The molecule has 1 aliphatic heterocycles. The van der Waals surface area contributed by atoms with E-state index in [1.54, 1.807) is 0 Å². The summed E-state index contributed by atoms with van der Waals surface area (Å²) in [6.45, 7) is 0. The van der Waals surface area contributed by atoms with Gasteiger partial charge in [-0.2, -0.15) is 0 Å². The highest BCUT2D eigenvalue weighted by Crippen LogP contribution is 2.26. The minimum atomic E-state index is -3.80. The van der Waals surface area contributed by atoms with Crippen LogP contribution in [0.5, 0.6) is 0 Å². The minimum Gasteiger partial charge on any atom is -0.334 e. The van der Waals surface area contributed by atoms with Crippen LogP contribution in [-0.4, -0.2) is 31.4 Å². The molecular weight excluding hydrogens is 370 g/mol. The van der Waals surface area contributed by atoms with E-state index in [-0.39, 0.29) is 16.0 Å². The predicted octanol–water partition coefficient (Wildman–Crippen LogP) is 0.860. The van der Waals surface area contributed by atoms with E-state index in [9.17, 15) is 18.0 Å². The number of thioether (sulfide) groups is 1. The first-order valence-electron chi connectivity index (χ1n) is 5.34. The standard InChI is InChI=1S/C10H10BrN3O4S2/c11-6-3-5(20(12,17)18)1-2-7(6)13-9(15)8-4-19-10(16)14-8/h1-3,8H,4H2,(H,13,15)(H,14,16)(H2,12,17,18). The zero-order chi connectivity index (χ0) is 14.9. The first-order chi connectivity index (χ1) is 9.27.